The maximum Gasteiger partial charge on any atom is 0.267 e. The second-order valence-corrected chi connectivity index (χ2v) is 5.75. The number of nitrogens with one attached hydrogen (secondary N) is 1. The van der Waals surface area contributed by atoms with E-state index < -0.39 is 0 Å². The fourth-order valence-electron chi connectivity index (χ4n) is 1.50. The largest absolute Gasteiger partial charge is 0.321 e. The van der Waals surface area contributed by atoms with Crippen LogP contribution in [0, 0.1) is 13.8 Å². The number of aryl methyl sites for hydroxylation is 2. The smallest absolute Gasteiger partial charge is 0.267 e. The fourth-order valence-corrected chi connectivity index (χ4v) is 2.62. The van der Waals surface area contributed by atoms with Gasteiger partial charge in [-0.25, -0.2) is 4.98 Å². The Morgan fingerprint density at radius 3 is 2.56 bits per heavy atom. The minimum atomic E-state index is -0.184. The third-order valence-electron chi connectivity index (χ3n) is 2.29. The van der Waals surface area contributed by atoms with Gasteiger partial charge < -0.3 is 5.32 Å². The number of halogens is 2. The van der Waals surface area contributed by atoms with Crippen molar-refractivity contribution in [3.63, 3.8) is 0 Å². The molecule has 3 nitrogen and oxygen atoms in total. The summed E-state index contributed by atoms with van der Waals surface area (Å²) in [4.78, 5) is 16.9. The van der Waals surface area contributed by atoms with Crippen molar-refractivity contribution in [3.8, 4) is 0 Å². The fraction of sp³-hybridized carbons (Fsp3) is 0.167. The summed E-state index contributed by atoms with van der Waals surface area (Å²) in [6, 6.07) is 4.96. The lowest BCUT2D eigenvalue weighted by atomic mass is 10.3. The van der Waals surface area contributed by atoms with Crippen LogP contribution in [-0.2, 0) is 0 Å². The number of carbonyl (C=O) groups excluding carboxylic acids is 1. The molecule has 0 spiro atoms. The number of thiazole rings is 1. The van der Waals surface area contributed by atoms with Crippen LogP contribution in [0.3, 0.4) is 0 Å². The van der Waals surface area contributed by atoms with Crippen LogP contribution in [0.1, 0.15) is 20.4 Å². The average molecular weight is 301 g/mol. The number of anilines is 1. The average Bonchev–Trinajstić information content (AvgIpc) is 2.63. The van der Waals surface area contributed by atoms with Crippen molar-refractivity contribution in [3.05, 3.63) is 43.8 Å². The summed E-state index contributed by atoms with van der Waals surface area (Å²) >= 11 is 13.1. The Morgan fingerprint density at radius 1 is 1.28 bits per heavy atom. The molecule has 0 aliphatic heterocycles. The number of carbonyl (C=O) groups is 1. The molecule has 0 atom stereocenters. The highest BCUT2D eigenvalue weighted by atomic mass is 35.5. The molecule has 0 saturated carbocycles. The second-order valence-electron chi connectivity index (χ2n) is 3.73. The van der Waals surface area contributed by atoms with E-state index in [1.807, 2.05) is 13.8 Å². The Bertz CT molecular complexity index is 610. The zero-order chi connectivity index (χ0) is 13.3. The normalized spacial score (nSPS) is 10.4. The van der Waals surface area contributed by atoms with E-state index in [2.05, 4.69) is 10.3 Å². The van der Waals surface area contributed by atoms with Gasteiger partial charge in [0.2, 0.25) is 0 Å². The molecule has 0 unspecified atom stereocenters. The lowest BCUT2D eigenvalue weighted by Crippen LogP contribution is -2.11. The first kappa shape index (κ1) is 13.3. The van der Waals surface area contributed by atoms with Crippen molar-refractivity contribution in [2.75, 3.05) is 5.32 Å². The van der Waals surface area contributed by atoms with E-state index in [0.29, 0.717) is 20.6 Å². The van der Waals surface area contributed by atoms with Gasteiger partial charge in [-0.3, -0.25) is 4.79 Å². The number of rotatable bonds is 2. The van der Waals surface area contributed by atoms with E-state index in [-0.39, 0.29) is 5.91 Å². The van der Waals surface area contributed by atoms with E-state index in [4.69, 9.17) is 23.2 Å². The highest BCUT2D eigenvalue weighted by Crippen LogP contribution is 2.26. The Balaban J connectivity index is 2.21. The van der Waals surface area contributed by atoms with Gasteiger partial charge in [-0.15, -0.1) is 11.3 Å². The second kappa shape index (κ2) is 5.26. The van der Waals surface area contributed by atoms with E-state index in [9.17, 15) is 4.79 Å². The van der Waals surface area contributed by atoms with Crippen LogP contribution in [0.2, 0.25) is 10.0 Å². The van der Waals surface area contributed by atoms with Crippen LogP contribution in [0.25, 0.3) is 0 Å². The first-order valence-electron chi connectivity index (χ1n) is 5.18. The van der Waals surface area contributed by atoms with Gasteiger partial charge in [0.25, 0.3) is 5.91 Å². The minimum Gasteiger partial charge on any atom is -0.321 e. The van der Waals surface area contributed by atoms with Gasteiger partial charge in [-0.1, -0.05) is 23.2 Å². The number of hydrogen-bond donors (Lipinski definition) is 1. The summed E-state index contributed by atoms with van der Waals surface area (Å²) in [5.74, 6) is -0.184. The van der Waals surface area contributed by atoms with Gasteiger partial charge in [0, 0.05) is 5.69 Å². The van der Waals surface area contributed by atoms with Gasteiger partial charge in [-0.05, 0) is 32.0 Å². The van der Waals surface area contributed by atoms with Crippen molar-refractivity contribution >= 4 is 46.1 Å². The predicted molar refractivity (Wildman–Crippen MR) is 76.0 cm³/mol. The van der Waals surface area contributed by atoms with Gasteiger partial charge in [0.1, 0.15) is 4.88 Å². The topological polar surface area (TPSA) is 42.0 Å². The van der Waals surface area contributed by atoms with Crippen molar-refractivity contribution < 1.29 is 4.79 Å². The number of hydrogen-bond acceptors (Lipinski definition) is 3. The van der Waals surface area contributed by atoms with Gasteiger partial charge in [-0.2, -0.15) is 0 Å². The van der Waals surface area contributed by atoms with E-state index in [1.165, 1.54) is 11.3 Å². The molecule has 18 heavy (non-hydrogen) atoms. The summed E-state index contributed by atoms with van der Waals surface area (Å²) in [6.45, 7) is 3.68. The van der Waals surface area contributed by atoms with E-state index in [0.717, 1.165) is 10.7 Å². The molecule has 1 aromatic heterocycles. The zero-order valence-corrected chi connectivity index (χ0v) is 12.1. The minimum absolute atomic E-state index is 0.184. The summed E-state index contributed by atoms with van der Waals surface area (Å²) < 4.78 is 0. The first-order chi connectivity index (χ1) is 8.47. The molecule has 0 aliphatic rings. The van der Waals surface area contributed by atoms with Crippen molar-refractivity contribution in [2.24, 2.45) is 0 Å². The Hall–Kier alpha value is -1.10. The van der Waals surface area contributed by atoms with Crippen LogP contribution in [0.4, 0.5) is 5.69 Å². The highest BCUT2D eigenvalue weighted by molar-refractivity contribution is 7.13. The molecule has 0 saturated heterocycles. The number of aromatic nitrogens is 1. The standard InChI is InChI=1S/C12H10Cl2N2OS/c1-6-11(18-7(2)15-6)12(17)16-8-3-4-9(13)10(14)5-8/h3-5H,1-2H3,(H,16,17). The third kappa shape index (κ3) is 2.83. The number of benzene rings is 1. The van der Waals surface area contributed by atoms with Crippen LogP contribution < -0.4 is 5.32 Å². The molecule has 2 rings (SSSR count). The molecule has 6 heteroatoms. The van der Waals surface area contributed by atoms with Crippen molar-refractivity contribution in [2.45, 2.75) is 13.8 Å². The molecule has 0 fully saturated rings. The highest BCUT2D eigenvalue weighted by Gasteiger charge is 2.14. The predicted octanol–water partition coefficient (Wildman–Crippen LogP) is 4.32. The van der Waals surface area contributed by atoms with Crippen LogP contribution in [0.15, 0.2) is 18.2 Å². The Labute approximate surface area is 119 Å². The molecular formula is C12H10Cl2N2OS. The number of amides is 1. The van der Waals surface area contributed by atoms with Crippen LogP contribution >= 0.6 is 34.5 Å². The third-order valence-corrected chi connectivity index (χ3v) is 4.10. The lowest BCUT2D eigenvalue weighted by Gasteiger charge is -2.05. The van der Waals surface area contributed by atoms with Crippen molar-refractivity contribution in [1.29, 1.82) is 0 Å². The molecule has 0 aliphatic carbocycles. The molecule has 1 amide bonds. The zero-order valence-electron chi connectivity index (χ0n) is 9.75. The summed E-state index contributed by atoms with van der Waals surface area (Å²) in [5.41, 5.74) is 1.34. The van der Waals surface area contributed by atoms with E-state index >= 15 is 0 Å². The molecule has 1 N–H and O–H groups in total. The molecular weight excluding hydrogens is 291 g/mol. The Kier molecular flexibility index (Phi) is 3.90. The van der Waals surface area contributed by atoms with Crippen LogP contribution in [0.5, 0.6) is 0 Å². The quantitative estimate of drug-likeness (QED) is 0.897. The van der Waals surface area contributed by atoms with Gasteiger partial charge >= 0.3 is 0 Å². The lowest BCUT2D eigenvalue weighted by molar-refractivity contribution is 0.103. The maximum atomic E-state index is 12.0. The monoisotopic (exact) mass is 300 g/mol. The molecule has 0 radical (unpaired) electrons. The molecule has 2 aromatic rings. The SMILES string of the molecule is Cc1nc(C)c(C(=O)Nc2ccc(Cl)c(Cl)c2)s1. The molecule has 0 bridgehead atoms. The molecule has 94 valence electrons. The first-order valence-corrected chi connectivity index (χ1v) is 6.75. The molecule has 1 heterocycles. The van der Waals surface area contributed by atoms with Crippen molar-refractivity contribution in [1.82, 2.24) is 4.98 Å². The maximum absolute atomic E-state index is 12.0. The van der Waals surface area contributed by atoms with Gasteiger partial charge in [0.05, 0.1) is 20.7 Å². The number of nitrogens with zero attached hydrogens (tertiary/aromatic N) is 1. The summed E-state index contributed by atoms with van der Waals surface area (Å²) in [6.07, 6.45) is 0. The van der Waals surface area contributed by atoms with Crippen LogP contribution in [-0.4, -0.2) is 10.9 Å². The summed E-state index contributed by atoms with van der Waals surface area (Å²) in [7, 11) is 0. The summed E-state index contributed by atoms with van der Waals surface area (Å²) in [5, 5.41) is 4.50. The van der Waals surface area contributed by atoms with E-state index in [1.54, 1.807) is 18.2 Å². The van der Waals surface area contributed by atoms with Gasteiger partial charge in [0.15, 0.2) is 0 Å². The molecule has 1 aromatic carbocycles. The Morgan fingerprint density at radius 2 is 2.00 bits per heavy atom.